The lowest BCUT2D eigenvalue weighted by Gasteiger charge is -2.12. The molecule has 0 spiro atoms. The molecule has 2 rings (SSSR count). The van der Waals surface area contributed by atoms with Gasteiger partial charge in [0.05, 0.1) is 17.4 Å². The quantitative estimate of drug-likeness (QED) is 0.712. The van der Waals surface area contributed by atoms with Crippen molar-refractivity contribution in [2.75, 3.05) is 0 Å². The van der Waals surface area contributed by atoms with E-state index in [1.165, 1.54) is 24.3 Å². The Labute approximate surface area is 149 Å². The number of carbonyl (C=O) groups excluding carboxylic acids is 1. The number of aliphatic imine (C=N–C) groups is 1. The van der Waals surface area contributed by atoms with Crippen molar-refractivity contribution in [2.24, 2.45) is 4.99 Å². The van der Waals surface area contributed by atoms with Gasteiger partial charge in [-0.25, -0.2) is 4.79 Å². The molecule has 1 aromatic heterocycles. The first kappa shape index (κ1) is 19.2. The van der Waals surface area contributed by atoms with Crippen molar-refractivity contribution in [2.45, 2.75) is 39.7 Å². The van der Waals surface area contributed by atoms with Crippen LogP contribution in [0.5, 0.6) is 5.88 Å². The van der Waals surface area contributed by atoms with Crippen molar-refractivity contribution in [3.05, 3.63) is 56.2 Å². The lowest BCUT2D eigenvalue weighted by atomic mass is 10.1. The number of rotatable bonds is 7. The second kappa shape index (κ2) is 8.28. The lowest BCUT2D eigenvalue weighted by molar-refractivity contribution is -0.255. The molecule has 0 saturated heterocycles. The minimum Gasteiger partial charge on any atom is -0.545 e. The molecule has 0 fully saturated rings. The van der Waals surface area contributed by atoms with E-state index in [4.69, 9.17) is 0 Å². The number of carbonyl (C=O) groups is 1. The van der Waals surface area contributed by atoms with Gasteiger partial charge in [0.25, 0.3) is 5.56 Å². The van der Waals surface area contributed by atoms with Crippen LogP contribution < -0.4 is 16.4 Å². The molecule has 2 aromatic rings. The average molecular weight is 358 g/mol. The Morgan fingerprint density at radius 2 is 1.88 bits per heavy atom. The van der Waals surface area contributed by atoms with Crippen molar-refractivity contribution >= 4 is 17.4 Å². The number of nitrogens with one attached hydrogen (secondary N) is 1. The number of benzene rings is 1. The highest BCUT2D eigenvalue weighted by atomic mass is 16.4. The zero-order valence-corrected chi connectivity index (χ0v) is 14.6. The summed E-state index contributed by atoms with van der Waals surface area (Å²) in [4.78, 5) is 41.5. The standard InChI is InChI=1S/C18H21N3O5/c1-3-5-10-21-16(23)14(15(22)20-18(21)26)13(4-2)19-12-8-6-11(7-9-12)17(24)25/h6-9,23H,3-5,10H2,1-2H3,(H,24,25)(H,20,22,26)/p-1. The van der Waals surface area contributed by atoms with E-state index in [9.17, 15) is 24.6 Å². The van der Waals surface area contributed by atoms with Crippen LogP contribution in [-0.2, 0) is 6.54 Å². The van der Waals surface area contributed by atoms with Crippen LogP contribution in [-0.4, -0.2) is 26.3 Å². The van der Waals surface area contributed by atoms with Crippen LogP contribution >= 0.6 is 0 Å². The molecule has 0 bridgehead atoms. The predicted molar refractivity (Wildman–Crippen MR) is 95.2 cm³/mol. The molecule has 2 N–H and O–H groups in total. The zero-order valence-electron chi connectivity index (χ0n) is 14.6. The molecule has 138 valence electrons. The first-order valence-corrected chi connectivity index (χ1v) is 8.34. The average Bonchev–Trinajstić information content (AvgIpc) is 2.60. The number of nitrogens with zero attached hydrogens (tertiary/aromatic N) is 2. The van der Waals surface area contributed by atoms with Gasteiger partial charge in [0.15, 0.2) is 0 Å². The van der Waals surface area contributed by atoms with Gasteiger partial charge in [0, 0.05) is 6.54 Å². The van der Waals surface area contributed by atoms with E-state index in [0.29, 0.717) is 18.5 Å². The SMILES string of the molecule is CCCCn1c(O)c(C(CC)=Nc2ccc(C(=O)[O-])cc2)c(=O)[nH]c1=O. The Morgan fingerprint density at radius 3 is 2.42 bits per heavy atom. The molecule has 8 nitrogen and oxygen atoms in total. The second-order valence-corrected chi connectivity index (χ2v) is 5.71. The molecule has 8 heteroatoms. The molecule has 0 unspecified atom stereocenters. The summed E-state index contributed by atoms with van der Waals surface area (Å²) in [7, 11) is 0. The van der Waals surface area contributed by atoms with Crippen molar-refractivity contribution in [1.29, 1.82) is 0 Å². The Kier molecular flexibility index (Phi) is 6.11. The highest BCUT2D eigenvalue weighted by Gasteiger charge is 2.18. The van der Waals surface area contributed by atoms with Gasteiger partial charge in [-0.15, -0.1) is 0 Å². The first-order chi connectivity index (χ1) is 12.4. The summed E-state index contributed by atoms with van der Waals surface area (Å²) in [6, 6.07) is 5.62. The van der Waals surface area contributed by atoms with Crippen molar-refractivity contribution < 1.29 is 15.0 Å². The van der Waals surface area contributed by atoms with Crippen LogP contribution in [0.1, 0.15) is 49.0 Å². The number of unbranched alkanes of at least 4 members (excludes halogenated alkanes) is 1. The third-order valence-electron chi connectivity index (χ3n) is 3.90. The summed E-state index contributed by atoms with van der Waals surface area (Å²) in [5.74, 6) is -1.72. The van der Waals surface area contributed by atoms with Gasteiger partial charge in [-0.3, -0.25) is 19.3 Å². The maximum atomic E-state index is 12.2. The Bertz CT molecular complexity index is 939. The number of aromatic hydroxyl groups is 1. The minimum atomic E-state index is -1.30. The maximum Gasteiger partial charge on any atom is 0.331 e. The Balaban J connectivity index is 2.54. The number of aromatic nitrogens is 2. The number of aromatic amines is 1. The topological polar surface area (TPSA) is 128 Å². The van der Waals surface area contributed by atoms with Crippen LogP contribution in [0.25, 0.3) is 0 Å². The van der Waals surface area contributed by atoms with E-state index in [1.54, 1.807) is 6.92 Å². The molecule has 1 heterocycles. The first-order valence-electron chi connectivity index (χ1n) is 8.34. The van der Waals surface area contributed by atoms with Crippen LogP contribution in [0.2, 0.25) is 0 Å². The normalized spacial score (nSPS) is 11.5. The van der Waals surface area contributed by atoms with Gasteiger partial charge < -0.3 is 15.0 Å². The van der Waals surface area contributed by atoms with Gasteiger partial charge in [0.1, 0.15) is 5.56 Å². The highest BCUT2D eigenvalue weighted by molar-refractivity contribution is 6.03. The molecule has 26 heavy (non-hydrogen) atoms. The summed E-state index contributed by atoms with van der Waals surface area (Å²) < 4.78 is 1.12. The van der Waals surface area contributed by atoms with Crippen molar-refractivity contribution in [3.63, 3.8) is 0 Å². The van der Waals surface area contributed by atoms with E-state index in [0.717, 1.165) is 11.0 Å². The maximum absolute atomic E-state index is 12.2. The number of carboxylic acid groups (broad SMARTS) is 1. The molecule has 0 aliphatic carbocycles. The molecule has 1 aromatic carbocycles. The molecular weight excluding hydrogens is 338 g/mol. The zero-order chi connectivity index (χ0) is 19.3. The molecule has 0 atom stereocenters. The van der Waals surface area contributed by atoms with Gasteiger partial charge in [-0.05, 0) is 30.5 Å². The Hall–Kier alpha value is -3.16. The fourth-order valence-corrected chi connectivity index (χ4v) is 2.48. The van der Waals surface area contributed by atoms with Gasteiger partial charge >= 0.3 is 5.69 Å². The molecular formula is C18H20N3O5-. The molecule has 0 amide bonds. The van der Waals surface area contributed by atoms with E-state index in [2.05, 4.69) is 9.98 Å². The fraction of sp³-hybridized carbons (Fsp3) is 0.333. The summed E-state index contributed by atoms with van der Waals surface area (Å²) in [5, 5.41) is 21.2. The number of H-pyrrole nitrogens is 1. The van der Waals surface area contributed by atoms with Gasteiger partial charge in [-0.2, -0.15) is 0 Å². The van der Waals surface area contributed by atoms with Crippen LogP contribution in [0, 0.1) is 0 Å². The minimum absolute atomic E-state index is 0.0100. The third kappa shape index (κ3) is 4.08. The number of hydrogen-bond acceptors (Lipinski definition) is 6. The molecule has 0 aliphatic rings. The van der Waals surface area contributed by atoms with E-state index < -0.39 is 23.1 Å². The number of aromatic carboxylic acids is 1. The van der Waals surface area contributed by atoms with Gasteiger partial charge in [-0.1, -0.05) is 32.4 Å². The molecule has 0 saturated carbocycles. The van der Waals surface area contributed by atoms with Crippen LogP contribution in [0.3, 0.4) is 0 Å². The fourth-order valence-electron chi connectivity index (χ4n) is 2.48. The third-order valence-corrected chi connectivity index (χ3v) is 3.90. The largest absolute Gasteiger partial charge is 0.545 e. The summed E-state index contributed by atoms with van der Waals surface area (Å²) >= 11 is 0. The van der Waals surface area contributed by atoms with Gasteiger partial charge in [0.2, 0.25) is 5.88 Å². The van der Waals surface area contributed by atoms with Crippen LogP contribution in [0.4, 0.5) is 5.69 Å². The second-order valence-electron chi connectivity index (χ2n) is 5.71. The highest BCUT2D eigenvalue weighted by Crippen LogP contribution is 2.19. The van der Waals surface area contributed by atoms with E-state index >= 15 is 0 Å². The smallest absolute Gasteiger partial charge is 0.331 e. The van der Waals surface area contributed by atoms with Crippen LogP contribution in [0.15, 0.2) is 38.8 Å². The lowest BCUT2D eigenvalue weighted by Crippen LogP contribution is -2.34. The van der Waals surface area contributed by atoms with Crippen molar-refractivity contribution in [3.8, 4) is 5.88 Å². The number of hydrogen-bond donors (Lipinski definition) is 2. The van der Waals surface area contributed by atoms with E-state index in [-0.39, 0.29) is 23.4 Å². The molecule has 0 aliphatic heterocycles. The Morgan fingerprint density at radius 1 is 1.23 bits per heavy atom. The summed E-state index contributed by atoms with van der Waals surface area (Å²) in [6.07, 6.45) is 1.81. The number of carboxylic acids is 1. The van der Waals surface area contributed by atoms with E-state index in [1.807, 2.05) is 6.92 Å². The van der Waals surface area contributed by atoms with Crippen molar-refractivity contribution in [1.82, 2.24) is 9.55 Å². The summed E-state index contributed by atoms with van der Waals surface area (Å²) in [5.41, 5.74) is -0.735. The molecule has 0 radical (unpaired) electrons. The monoisotopic (exact) mass is 358 g/mol. The summed E-state index contributed by atoms with van der Waals surface area (Å²) in [6.45, 7) is 3.99. The predicted octanol–water partition coefficient (Wildman–Crippen LogP) is 0.937.